The molecule has 2 N–H and O–H groups in total. The summed E-state index contributed by atoms with van der Waals surface area (Å²) in [7, 11) is 0. The van der Waals surface area contributed by atoms with Gasteiger partial charge in [0.1, 0.15) is 0 Å². The van der Waals surface area contributed by atoms with Gasteiger partial charge in [0.15, 0.2) is 0 Å². The van der Waals surface area contributed by atoms with Gasteiger partial charge in [-0.15, -0.1) is 0 Å². The molecule has 2 aliphatic carbocycles. The van der Waals surface area contributed by atoms with Crippen LogP contribution in [0.1, 0.15) is 56.9 Å². The van der Waals surface area contributed by atoms with E-state index in [0.29, 0.717) is 17.6 Å². The number of nitrogens with two attached hydrogens (primary N) is 1. The molecule has 2 unspecified atom stereocenters. The molecule has 0 amide bonds. The predicted octanol–water partition coefficient (Wildman–Crippen LogP) is 4.08. The van der Waals surface area contributed by atoms with E-state index in [2.05, 4.69) is 30.3 Å². The molecule has 2 aliphatic rings. The second-order valence-electron chi connectivity index (χ2n) is 6.94. The van der Waals surface area contributed by atoms with E-state index in [0.717, 1.165) is 25.9 Å². The SMILES string of the molecule is NC1CC(OCCCc2ccccc2)C12CCCCCC2. The number of hydrogen-bond acceptors (Lipinski definition) is 2. The average molecular weight is 287 g/mol. The molecule has 0 aliphatic heterocycles. The molecular formula is C19H29NO. The van der Waals surface area contributed by atoms with Gasteiger partial charge in [-0.3, -0.25) is 0 Å². The van der Waals surface area contributed by atoms with Crippen molar-refractivity contribution >= 4 is 0 Å². The summed E-state index contributed by atoms with van der Waals surface area (Å²) in [6.07, 6.45) is 11.8. The Morgan fingerprint density at radius 3 is 2.43 bits per heavy atom. The molecule has 2 heteroatoms. The molecule has 1 spiro atoms. The first-order valence-electron chi connectivity index (χ1n) is 8.72. The van der Waals surface area contributed by atoms with Crippen LogP contribution in [-0.2, 0) is 11.2 Å². The summed E-state index contributed by atoms with van der Waals surface area (Å²) >= 11 is 0. The Balaban J connectivity index is 1.44. The summed E-state index contributed by atoms with van der Waals surface area (Å²) in [4.78, 5) is 0. The fourth-order valence-electron chi connectivity index (χ4n) is 4.24. The second kappa shape index (κ2) is 6.93. The van der Waals surface area contributed by atoms with Crippen molar-refractivity contribution in [1.29, 1.82) is 0 Å². The van der Waals surface area contributed by atoms with Crippen molar-refractivity contribution in [1.82, 2.24) is 0 Å². The number of benzene rings is 1. The largest absolute Gasteiger partial charge is 0.378 e. The third-order valence-corrected chi connectivity index (χ3v) is 5.65. The Labute approximate surface area is 129 Å². The fourth-order valence-corrected chi connectivity index (χ4v) is 4.24. The lowest BCUT2D eigenvalue weighted by atomic mass is 9.58. The third-order valence-electron chi connectivity index (χ3n) is 5.65. The zero-order valence-electron chi connectivity index (χ0n) is 13.1. The van der Waals surface area contributed by atoms with E-state index >= 15 is 0 Å². The summed E-state index contributed by atoms with van der Waals surface area (Å²) < 4.78 is 6.24. The van der Waals surface area contributed by atoms with Gasteiger partial charge >= 0.3 is 0 Å². The highest BCUT2D eigenvalue weighted by Crippen LogP contribution is 2.51. The Kier molecular flexibility index (Phi) is 4.97. The zero-order valence-corrected chi connectivity index (χ0v) is 13.1. The fraction of sp³-hybridized carbons (Fsp3) is 0.684. The predicted molar refractivity (Wildman–Crippen MR) is 87.2 cm³/mol. The minimum Gasteiger partial charge on any atom is -0.378 e. The van der Waals surface area contributed by atoms with Crippen LogP contribution in [0.4, 0.5) is 0 Å². The van der Waals surface area contributed by atoms with Crippen LogP contribution in [0, 0.1) is 5.41 Å². The molecule has 21 heavy (non-hydrogen) atoms. The lowest BCUT2D eigenvalue weighted by Crippen LogP contribution is -2.62. The van der Waals surface area contributed by atoms with Crippen LogP contribution < -0.4 is 5.73 Å². The lowest BCUT2D eigenvalue weighted by molar-refractivity contribution is -0.134. The van der Waals surface area contributed by atoms with Crippen LogP contribution in [0.2, 0.25) is 0 Å². The molecule has 0 aromatic heterocycles. The highest BCUT2D eigenvalue weighted by atomic mass is 16.5. The van der Waals surface area contributed by atoms with Gasteiger partial charge in [-0.25, -0.2) is 0 Å². The van der Waals surface area contributed by atoms with Crippen LogP contribution in [0.3, 0.4) is 0 Å². The van der Waals surface area contributed by atoms with Gasteiger partial charge in [-0.2, -0.15) is 0 Å². The van der Waals surface area contributed by atoms with Crippen LogP contribution in [-0.4, -0.2) is 18.8 Å². The van der Waals surface area contributed by atoms with E-state index in [1.807, 2.05) is 0 Å². The molecule has 2 fully saturated rings. The molecule has 116 valence electrons. The van der Waals surface area contributed by atoms with Gasteiger partial charge in [0.2, 0.25) is 0 Å². The van der Waals surface area contributed by atoms with Crippen molar-refractivity contribution in [3.05, 3.63) is 35.9 Å². The van der Waals surface area contributed by atoms with E-state index in [9.17, 15) is 0 Å². The van der Waals surface area contributed by atoms with Gasteiger partial charge in [0.05, 0.1) is 6.10 Å². The van der Waals surface area contributed by atoms with Crippen LogP contribution >= 0.6 is 0 Å². The second-order valence-corrected chi connectivity index (χ2v) is 6.94. The average Bonchev–Trinajstić information content (AvgIpc) is 2.79. The summed E-state index contributed by atoms with van der Waals surface area (Å²) in [5, 5.41) is 0. The molecule has 0 bridgehead atoms. The monoisotopic (exact) mass is 287 g/mol. The maximum Gasteiger partial charge on any atom is 0.0661 e. The van der Waals surface area contributed by atoms with E-state index in [1.165, 1.54) is 44.1 Å². The third kappa shape index (κ3) is 3.32. The molecule has 2 atom stereocenters. The Hall–Kier alpha value is -0.860. The Bertz CT molecular complexity index is 422. The van der Waals surface area contributed by atoms with Crippen molar-refractivity contribution in [2.75, 3.05) is 6.61 Å². The van der Waals surface area contributed by atoms with Gasteiger partial charge in [0, 0.05) is 18.1 Å². The number of hydrogen-bond donors (Lipinski definition) is 1. The minimum atomic E-state index is 0.323. The smallest absolute Gasteiger partial charge is 0.0661 e. The Morgan fingerprint density at radius 1 is 1.05 bits per heavy atom. The highest BCUT2D eigenvalue weighted by molar-refractivity contribution is 5.14. The number of ether oxygens (including phenoxy) is 1. The summed E-state index contributed by atoms with van der Waals surface area (Å²) in [6.45, 7) is 0.883. The molecule has 0 saturated heterocycles. The van der Waals surface area contributed by atoms with Gasteiger partial charge in [-0.1, -0.05) is 56.0 Å². The maximum atomic E-state index is 6.36. The van der Waals surface area contributed by atoms with Crippen molar-refractivity contribution in [3.63, 3.8) is 0 Å². The van der Waals surface area contributed by atoms with Crippen molar-refractivity contribution in [2.24, 2.45) is 11.1 Å². The summed E-state index contributed by atoms with van der Waals surface area (Å²) in [5.74, 6) is 0. The van der Waals surface area contributed by atoms with Gasteiger partial charge in [0.25, 0.3) is 0 Å². The van der Waals surface area contributed by atoms with E-state index in [1.54, 1.807) is 0 Å². The van der Waals surface area contributed by atoms with Crippen molar-refractivity contribution in [3.8, 4) is 0 Å². The summed E-state index contributed by atoms with van der Waals surface area (Å²) in [5.41, 5.74) is 8.10. The standard InChI is InChI=1S/C19H29NO/c20-17-15-18(19(17)12-6-1-2-7-13-19)21-14-8-11-16-9-4-3-5-10-16/h3-5,9-10,17-18H,1-2,6-8,11-15,20H2. The molecule has 3 rings (SSSR count). The van der Waals surface area contributed by atoms with E-state index in [-0.39, 0.29) is 0 Å². The molecular weight excluding hydrogens is 258 g/mol. The highest BCUT2D eigenvalue weighted by Gasteiger charge is 2.53. The molecule has 0 radical (unpaired) electrons. The molecule has 2 nitrogen and oxygen atoms in total. The maximum absolute atomic E-state index is 6.36. The zero-order chi connectivity index (χ0) is 14.5. The first-order chi connectivity index (χ1) is 10.3. The molecule has 0 heterocycles. The molecule has 1 aromatic carbocycles. The molecule has 1 aromatic rings. The van der Waals surface area contributed by atoms with Crippen LogP contribution in [0.15, 0.2) is 30.3 Å². The van der Waals surface area contributed by atoms with E-state index < -0.39 is 0 Å². The minimum absolute atomic E-state index is 0.323. The van der Waals surface area contributed by atoms with Crippen LogP contribution in [0.25, 0.3) is 0 Å². The lowest BCUT2D eigenvalue weighted by Gasteiger charge is -2.54. The van der Waals surface area contributed by atoms with E-state index in [4.69, 9.17) is 10.5 Å². The topological polar surface area (TPSA) is 35.2 Å². The quantitative estimate of drug-likeness (QED) is 0.828. The van der Waals surface area contributed by atoms with Gasteiger partial charge in [-0.05, 0) is 37.7 Å². The van der Waals surface area contributed by atoms with Crippen molar-refractivity contribution in [2.45, 2.75) is 69.9 Å². The van der Waals surface area contributed by atoms with Crippen LogP contribution in [0.5, 0.6) is 0 Å². The normalized spacial score (nSPS) is 28.0. The Morgan fingerprint density at radius 2 is 1.76 bits per heavy atom. The number of aryl methyl sites for hydroxylation is 1. The molecule has 2 saturated carbocycles. The first kappa shape index (κ1) is 15.1. The number of rotatable bonds is 5. The van der Waals surface area contributed by atoms with Crippen molar-refractivity contribution < 1.29 is 4.74 Å². The summed E-state index contributed by atoms with van der Waals surface area (Å²) in [6, 6.07) is 11.1. The first-order valence-corrected chi connectivity index (χ1v) is 8.72. The van der Waals surface area contributed by atoms with Gasteiger partial charge < -0.3 is 10.5 Å².